The fourth-order valence-electron chi connectivity index (χ4n) is 1.97. The van der Waals surface area contributed by atoms with Gasteiger partial charge in [0, 0.05) is 25.9 Å². The van der Waals surface area contributed by atoms with Crippen LogP contribution in [-0.2, 0) is 21.1 Å². The van der Waals surface area contributed by atoms with Crippen LogP contribution in [-0.4, -0.2) is 52.7 Å². The molecule has 0 aliphatic rings. The predicted octanol–water partition coefficient (Wildman–Crippen LogP) is 0.942. The maximum atomic E-state index is 11.4. The zero-order valence-electron chi connectivity index (χ0n) is 14.8. The molecule has 0 unspecified atom stereocenters. The van der Waals surface area contributed by atoms with E-state index in [2.05, 4.69) is 20.9 Å². The minimum atomic E-state index is -3.16. The maximum absolute atomic E-state index is 11.4. The van der Waals surface area contributed by atoms with Crippen molar-refractivity contribution in [2.45, 2.75) is 25.2 Å². The number of aliphatic imine (C=N–C) groups is 1. The number of carbonyl (C=O) groups excluding carboxylic acids is 1. The number of hydrogen-bond donors (Lipinski definition) is 3. The standard InChI is InChI=1S/C16H26N4O3S.HI/c1-4-17-15(21)12-20-16(18-5-2)19-11-10-13-6-8-14(9-7-13)24(3,22)23;/h6-9H,4-5,10-12H2,1-3H3,(H,17,21)(H2,18,19,20);1H. The van der Waals surface area contributed by atoms with Crippen LogP contribution < -0.4 is 16.0 Å². The quantitative estimate of drug-likeness (QED) is 0.291. The molecule has 9 heteroatoms. The summed E-state index contributed by atoms with van der Waals surface area (Å²) in [4.78, 5) is 16.0. The van der Waals surface area contributed by atoms with Gasteiger partial charge in [-0.3, -0.25) is 4.79 Å². The summed E-state index contributed by atoms with van der Waals surface area (Å²) >= 11 is 0. The molecule has 142 valence electrons. The highest BCUT2D eigenvalue weighted by atomic mass is 127. The van der Waals surface area contributed by atoms with Crippen molar-refractivity contribution in [2.75, 3.05) is 32.4 Å². The first-order chi connectivity index (χ1) is 11.4. The summed E-state index contributed by atoms with van der Waals surface area (Å²) < 4.78 is 22.8. The molecule has 1 rings (SSSR count). The fraction of sp³-hybridized carbons (Fsp3) is 0.500. The molecular weight excluding hydrogens is 455 g/mol. The van der Waals surface area contributed by atoms with E-state index in [-0.39, 0.29) is 36.4 Å². The number of amides is 1. The summed E-state index contributed by atoms with van der Waals surface area (Å²) in [6.07, 6.45) is 1.91. The van der Waals surface area contributed by atoms with Crippen LogP contribution in [0.4, 0.5) is 0 Å². The van der Waals surface area contributed by atoms with E-state index in [4.69, 9.17) is 0 Å². The van der Waals surface area contributed by atoms with Crippen LogP contribution in [0.5, 0.6) is 0 Å². The molecule has 0 saturated heterocycles. The number of rotatable bonds is 8. The third kappa shape index (κ3) is 9.63. The van der Waals surface area contributed by atoms with Gasteiger partial charge < -0.3 is 16.0 Å². The van der Waals surface area contributed by atoms with Gasteiger partial charge in [-0.05, 0) is 38.0 Å². The second-order valence-electron chi connectivity index (χ2n) is 5.24. The van der Waals surface area contributed by atoms with Crippen LogP contribution in [0.2, 0.25) is 0 Å². The lowest BCUT2D eigenvalue weighted by atomic mass is 10.1. The van der Waals surface area contributed by atoms with Gasteiger partial charge in [0.15, 0.2) is 15.8 Å². The first-order valence-corrected chi connectivity index (χ1v) is 9.83. The summed E-state index contributed by atoms with van der Waals surface area (Å²) in [5.41, 5.74) is 1.02. The Labute approximate surface area is 167 Å². The number of hydrogen-bond acceptors (Lipinski definition) is 4. The molecule has 0 saturated carbocycles. The van der Waals surface area contributed by atoms with E-state index in [1.54, 1.807) is 24.3 Å². The van der Waals surface area contributed by atoms with E-state index in [0.29, 0.717) is 30.5 Å². The molecule has 1 aromatic rings. The largest absolute Gasteiger partial charge is 0.357 e. The zero-order valence-corrected chi connectivity index (χ0v) is 18.0. The molecule has 0 aromatic heterocycles. The Morgan fingerprint density at radius 1 is 1.04 bits per heavy atom. The van der Waals surface area contributed by atoms with Crippen molar-refractivity contribution in [1.29, 1.82) is 0 Å². The minimum Gasteiger partial charge on any atom is -0.357 e. The highest BCUT2D eigenvalue weighted by Gasteiger charge is 2.06. The molecular formula is C16H27IN4O3S. The molecule has 25 heavy (non-hydrogen) atoms. The molecule has 7 nitrogen and oxygen atoms in total. The lowest BCUT2D eigenvalue weighted by Gasteiger charge is -2.11. The number of guanidine groups is 1. The average Bonchev–Trinajstić information content (AvgIpc) is 2.52. The fourth-order valence-corrected chi connectivity index (χ4v) is 2.60. The van der Waals surface area contributed by atoms with Crippen molar-refractivity contribution in [3.05, 3.63) is 29.8 Å². The average molecular weight is 482 g/mol. The molecule has 0 atom stereocenters. The van der Waals surface area contributed by atoms with Gasteiger partial charge in [0.25, 0.3) is 0 Å². The van der Waals surface area contributed by atoms with Crippen molar-refractivity contribution in [1.82, 2.24) is 16.0 Å². The first kappa shape index (κ1) is 23.6. The van der Waals surface area contributed by atoms with Gasteiger partial charge in [0.1, 0.15) is 6.54 Å². The number of nitrogens with one attached hydrogen (secondary N) is 3. The Kier molecular flexibility index (Phi) is 11.4. The Hall–Kier alpha value is -1.36. The summed E-state index contributed by atoms with van der Waals surface area (Å²) in [6, 6.07) is 6.83. The second kappa shape index (κ2) is 12.1. The Balaban J connectivity index is 0.00000576. The molecule has 0 radical (unpaired) electrons. The highest BCUT2D eigenvalue weighted by Crippen LogP contribution is 2.10. The van der Waals surface area contributed by atoms with Crippen molar-refractivity contribution in [3.63, 3.8) is 0 Å². The molecule has 0 aliphatic heterocycles. The minimum absolute atomic E-state index is 0. The molecule has 3 N–H and O–H groups in total. The van der Waals surface area contributed by atoms with Crippen LogP contribution in [0.25, 0.3) is 0 Å². The third-order valence-electron chi connectivity index (χ3n) is 3.16. The Morgan fingerprint density at radius 2 is 1.64 bits per heavy atom. The molecule has 0 spiro atoms. The van der Waals surface area contributed by atoms with Crippen molar-refractivity contribution in [2.24, 2.45) is 4.99 Å². The topological polar surface area (TPSA) is 99.7 Å². The Bertz CT molecular complexity index is 660. The van der Waals surface area contributed by atoms with Crippen LogP contribution >= 0.6 is 24.0 Å². The van der Waals surface area contributed by atoms with E-state index in [0.717, 1.165) is 12.0 Å². The van der Waals surface area contributed by atoms with Gasteiger partial charge in [0.05, 0.1) is 4.90 Å². The summed E-state index contributed by atoms with van der Waals surface area (Å²) in [7, 11) is -3.16. The molecule has 0 aliphatic carbocycles. The number of halogens is 1. The van der Waals surface area contributed by atoms with E-state index in [1.807, 2.05) is 13.8 Å². The van der Waals surface area contributed by atoms with Crippen LogP contribution in [0.3, 0.4) is 0 Å². The van der Waals surface area contributed by atoms with Gasteiger partial charge in [-0.25, -0.2) is 13.4 Å². The van der Waals surface area contributed by atoms with Crippen molar-refractivity contribution >= 4 is 45.7 Å². The molecule has 1 amide bonds. The van der Waals surface area contributed by atoms with Crippen LogP contribution in [0, 0.1) is 0 Å². The van der Waals surface area contributed by atoms with Gasteiger partial charge in [-0.1, -0.05) is 12.1 Å². The van der Waals surface area contributed by atoms with Crippen molar-refractivity contribution in [3.8, 4) is 0 Å². The summed E-state index contributed by atoms with van der Waals surface area (Å²) in [5, 5.41) is 8.92. The van der Waals surface area contributed by atoms with E-state index < -0.39 is 9.84 Å². The third-order valence-corrected chi connectivity index (χ3v) is 4.29. The molecule has 0 bridgehead atoms. The van der Waals surface area contributed by atoms with Gasteiger partial charge in [-0.2, -0.15) is 0 Å². The van der Waals surface area contributed by atoms with Gasteiger partial charge >= 0.3 is 0 Å². The highest BCUT2D eigenvalue weighted by molar-refractivity contribution is 14.0. The predicted molar refractivity (Wildman–Crippen MR) is 111 cm³/mol. The normalized spacial score (nSPS) is 11.4. The van der Waals surface area contributed by atoms with Crippen LogP contribution in [0.15, 0.2) is 34.2 Å². The zero-order chi connectivity index (χ0) is 18.0. The summed E-state index contributed by atoms with van der Waals surface area (Å²) in [6.45, 7) is 5.80. The lowest BCUT2D eigenvalue weighted by molar-refractivity contribution is -0.119. The molecule has 1 aromatic carbocycles. The number of carbonyl (C=O) groups is 1. The van der Waals surface area contributed by atoms with E-state index >= 15 is 0 Å². The van der Waals surface area contributed by atoms with Gasteiger partial charge in [-0.15, -0.1) is 24.0 Å². The van der Waals surface area contributed by atoms with E-state index in [9.17, 15) is 13.2 Å². The number of sulfone groups is 1. The lowest BCUT2D eigenvalue weighted by Crippen LogP contribution is -2.39. The number of benzene rings is 1. The SMILES string of the molecule is CCNC(=O)CN=C(NCC)NCCc1ccc(S(C)(=O)=O)cc1.I. The first-order valence-electron chi connectivity index (χ1n) is 7.94. The second-order valence-corrected chi connectivity index (χ2v) is 7.26. The molecule has 0 heterocycles. The number of nitrogens with zero attached hydrogens (tertiary/aromatic N) is 1. The van der Waals surface area contributed by atoms with Crippen molar-refractivity contribution < 1.29 is 13.2 Å². The smallest absolute Gasteiger partial charge is 0.241 e. The number of likely N-dealkylation sites (N-methyl/N-ethyl adjacent to an activating group) is 1. The van der Waals surface area contributed by atoms with Gasteiger partial charge in [0.2, 0.25) is 5.91 Å². The summed E-state index contributed by atoms with van der Waals surface area (Å²) in [5.74, 6) is 0.461. The van der Waals surface area contributed by atoms with E-state index in [1.165, 1.54) is 6.26 Å². The monoisotopic (exact) mass is 482 g/mol. The maximum Gasteiger partial charge on any atom is 0.241 e. The molecule has 0 fully saturated rings. The Morgan fingerprint density at radius 3 is 2.16 bits per heavy atom. The van der Waals surface area contributed by atoms with Crippen LogP contribution in [0.1, 0.15) is 19.4 Å².